The first-order valence-electron chi connectivity index (χ1n) is 16.1. The minimum Gasteiger partial charge on any atom is -0.130 e. The van der Waals surface area contributed by atoms with E-state index in [-0.39, 0.29) is 0 Å². The third-order valence-electron chi connectivity index (χ3n) is 7.46. The Hall–Kier alpha value is -4.76. The van der Waals surface area contributed by atoms with E-state index in [9.17, 15) is 0 Å². The molecule has 0 fully saturated rings. The number of allylic oxidation sites excluding steroid dienone is 16. The van der Waals surface area contributed by atoms with Crippen molar-refractivity contribution in [2.45, 2.75) is 23.6 Å². The summed E-state index contributed by atoms with van der Waals surface area (Å²) in [6, 6.07) is 38.3. The van der Waals surface area contributed by atoms with Crippen LogP contribution in [0.1, 0.15) is 36.1 Å². The van der Waals surface area contributed by atoms with E-state index >= 15 is 0 Å². The van der Waals surface area contributed by atoms with E-state index < -0.39 is 0 Å². The molecule has 48 heavy (non-hydrogen) atoms. The van der Waals surface area contributed by atoms with Crippen molar-refractivity contribution in [3.05, 3.63) is 216 Å². The highest BCUT2D eigenvalue weighted by atomic mass is 32.2. The molecule has 0 heterocycles. The zero-order valence-corrected chi connectivity index (χ0v) is 29.9. The van der Waals surface area contributed by atoms with Crippen molar-refractivity contribution in [3.63, 3.8) is 0 Å². The van der Waals surface area contributed by atoms with Crippen LogP contribution in [0.3, 0.4) is 0 Å². The van der Waals surface area contributed by atoms with E-state index in [0.717, 1.165) is 11.1 Å². The molecule has 0 radical (unpaired) electrons. The zero-order valence-electron chi connectivity index (χ0n) is 28.3. The Morgan fingerprint density at radius 2 is 0.792 bits per heavy atom. The van der Waals surface area contributed by atoms with Crippen molar-refractivity contribution in [1.82, 2.24) is 0 Å². The van der Waals surface area contributed by atoms with Gasteiger partial charge in [-0.05, 0) is 84.0 Å². The van der Waals surface area contributed by atoms with Crippen LogP contribution in [-0.4, -0.2) is 12.5 Å². The summed E-state index contributed by atoms with van der Waals surface area (Å²) < 4.78 is 0. The molecule has 0 saturated carbocycles. The predicted molar refractivity (Wildman–Crippen MR) is 218 cm³/mol. The zero-order chi connectivity index (χ0) is 33.8. The summed E-state index contributed by atoms with van der Waals surface area (Å²) in [4.78, 5) is 2.55. The Morgan fingerprint density at radius 1 is 0.417 bits per heavy atom. The van der Waals surface area contributed by atoms with Crippen molar-refractivity contribution in [3.8, 4) is 0 Å². The Bertz CT molecular complexity index is 1700. The number of hydrogen-bond donors (Lipinski definition) is 0. The van der Waals surface area contributed by atoms with Crippen LogP contribution in [0.2, 0.25) is 0 Å². The van der Waals surface area contributed by atoms with E-state index in [0.29, 0.717) is 0 Å². The lowest BCUT2D eigenvalue weighted by molar-refractivity contribution is 1.45. The molecule has 0 aromatic heterocycles. The summed E-state index contributed by atoms with van der Waals surface area (Å²) in [5.41, 5.74) is 9.41. The molecule has 2 heteroatoms. The fraction of sp³-hybridized carbons (Fsp3) is 0.0870. The maximum absolute atomic E-state index is 2.19. The van der Waals surface area contributed by atoms with E-state index in [1.54, 1.807) is 23.5 Å². The maximum Gasteiger partial charge on any atom is 0.00695 e. The van der Waals surface area contributed by atoms with Crippen molar-refractivity contribution in [2.75, 3.05) is 12.5 Å². The van der Waals surface area contributed by atoms with Gasteiger partial charge in [-0.25, -0.2) is 0 Å². The molecule has 4 aromatic carbocycles. The lowest BCUT2D eigenvalue weighted by Crippen LogP contribution is -1.81. The summed E-state index contributed by atoms with van der Waals surface area (Å²) in [6.07, 6.45) is 34.3. The van der Waals surface area contributed by atoms with Crippen molar-refractivity contribution in [2.24, 2.45) is 0 Å². The third kappa shape index (κ3) is 12.8. The minimum absolute atomic E-state index is 1.15. The van der Waals surface area contributed by atoms with Gasteiger partial charge in [-0.3, -0.25) is 0 Å². The standard InChI is InChI=1S/C46H44S2/c1-37(15-13-17-39-27-33-45(47-3)34-28-39)25-31-43(41-19-7-5-8-20-41)23-11-12-24-44(42-21-9-6-10-22-42)32-26-38(2)16-14-18-40-29-35-46(48-4)36-30-40/h5-36H,1-4H3/b12-11+,17-13+,18-14+,31-25+,32-26+,37-15+,38-16+,43-23-,44-24-. The van der Waals surface area contributed by atoms with Gasteiger partial charge in [0.2, 0.25) is 0 Å². The van der Waals surface area contributed by atoms with Gasteiger partial charge in [-0.15, -0.1) is 23.5 Å². The van der Waals surface area contributed by atoms with Crippen LogP contribution in [0.25, 0.3) is 23.3 Å². The fourth-order valence-corrected chi connectivity index (χ4v) is 5.50. The van der Waals surface area contributed by atoms with Crippen molar-refractivity contribution >= 4 is 46.8 Å². The second-order valence-electron chi connectivity index (χ2n) is 11.1. The SMILES string of the molecule is CSc1ccc(/C=C/C=C(C)/C=C/C(=C/C=C/C=C(/C=C/C(C)=C/C=C/c2ccc(SC)cc2)c2ccccc2)c2ccccc2)cc1. The number of hydrogen-bond acceptors (Lipinski definition) is 2. The van der Waals surface area contributed by atoms with E-state index in [1.165, 1.54) is 43.2 Å². The molecule has 0 N–H and O–H groups in total. The molecule has 240 valence electrons. The quantitative estimate of drug-likeness (QED) is 0.0975. The van der Waals surface area contributed by atoms with Gasteiger partial charge in [-0.1, -0.05) is 181 Å². The minimum atomic E-state index is 1.15. The fourth-order valence-electron chi connectivity index (χ4n) is 4.68. The highest BCUT2D eigenvalue weighted by Crippen LogP contribution is 2.20. The van der Waals surface area contributed by atoms with Crippen LogP contribution in [0.4, 0.5) is 0 Å². The van der Waals surface area contributed by atoms with Crippen LogP contribution in [0, 0.1) is 0 Å². The van der Waals surface area contributed by atoms with Crippen LogP contribution < -0.4 is 0 Å². The molecule has 0 aliphatic heterocycles. The predicted octanol–water partition coefficient (Wildman–Crippen LogP) is 13.6. The summed E-state index contributed by atoms with van der Waals surface area (Å²) in [7, 11) is 0. The molecule has 0 amide bonds. The van der Waals surface area contributed by atoms with Gasteiger partial charge in [0.25, 0.3) is 0 Å². The third-order valence-corrected chi connectivity index (χ3v) is 8.94. The summed E-state index contributed by atoms with van der Waals surface area (Å²) in [5.74, 6) is 0. The van der Waals surface area contributed by atoms with E-state index in [1.807, 2.05) is 0 Å². The maximum atomic E-state index is 2.19. The first-order chi connectivity index (χ1) is 23.5. The lowest BCUT2D eigenvalue weighted by atomic mass is 10.0. The first kappa shape index (κ1) is 36.1. The molecule has 4 aromatic rings. The summed E-state index contributed by atoms with van der Waals surface area (Å²) in [6.45, 7) is 4.26. The van der Waals surface area contributed by atoms with Gasteiger partial charge in [0, 0.05) is 9.79 Å². The molecular formula is C46H44S2. The normalized spacial score (nSPS) is 13.7. The second-order valence-corrected chi connectivity index (χ2v) is 12.9. The second kappa shape index (κ2) is 20.5. The monoisotopic (exact) mass is 660 g/mol. The number of rotatable bonds is 14. The Kier molecular flexibility index (Phi) is 15.4. The van der Waals surface area contributed by atoms with Crippen molar-refractivity contribution in [1.29, 1.82) is 0 Å². The van der Waals surface area contributed by atoms with E-state index in [4.69, 9.17) is 0 Å². The number of thioether (sulfide) groups is 2. The van der Waals surface area contributed by atoms with Gasteiger partial charge in [0.05, 0.1) is 0 Å². The highest BCUT2D eigenvalue weighted by molar-refractivity contribution is 7.98. The van der Waals surface area contributed by atoms with Gasteiger partial charge >= 0.3 is 0 Å². The molecular weight excluding hydrogens is 617 g/mol. The van der Waals surface area contributed by atoms with Crippen molar-refractivity contribution < 1.29 is 0 Å². The number of benzene rings is 4. The Balaban J connectivity index is 1.50. The first-order valence-corrected chi connectivity index (χ1v) is 18.5. The molecule has 0 unspecified atom stereocenters. The largest absolute Gasteiger partial charge is 0.130 e. The van der Waals surface area contributed by atoms with Crippen LogP contribution >= 0.6 is 23.5 Å². The molecule has 0 atom stereocenters. The smallest absolute Gasteiger partial charge is 0.00695 e. The molecule has 0 aliphatic rings. The average Bonchev–Trinajstić information content (AvgIpc) is 3.13. The van der Waals surface area contributed by atoms with Crippen LogP contribution in [0.15, 0.2) is 203 Å². The van der Waals surface area contributed by atoms with Gasteiger partial charge in [0.15, 0.2) is 0 Å². The molecule has 4 rings (SSSR count). The van der Waals surface area contributed by atoms with Gasteiger partial charge in [-0.2, -0.15) is 0 Å². The average molecular weight is 661 g/mol. The Labute approximate surface area is 297 Å². The van der Waals surface area contributed by atoms with Crippen LogP contribution in [-0.2, 0) is 0 Å². The van der Waals surface area contributed by atoms with Crippen LogP contribution in [0.5, 0.6) is 0 Å². The highest BCUT2D eigenvalue weighted by Gasteiger charge is 1.98. The summed E-state index contributed by atoms with van der Waals surface area (Å²) >= 11 is 3.52. The molecule has 0 spiro atoms. The summed E-state index contributed by atoms with van der Waals surface area (Å²) in [5, 5.41) is 0. The molecule has 0 bridgehead atoms. The van der Waals surface area contributed by atoms with Gasteiger partial charge in [0.1, 0.15) is 0 Å². The lowest BCUT2D eigenvalue weighted by Gasteiger charge is -2.03. The molecule has 0 saturated heterocycles. The topological polar surface area (TPSA) is 0 Å². The molecule has 0 nitrogen and oxygen atoms in total. The van der Waals surface area contributed by atoms with Gasteiger partial charge < -0.3 is 0 Å². The molecule has 0 aliphatic carbocycles. The van der Waals surface area contributed by atoms with E-state index in [2.05, 4.69) is 221 Å². The Morgan fingerprint density at radius 3 is 1.15 bits per heavy atom.